The molecule has 2 heterocycles. The van der Waals surface area contributed by atoms with Crippen LogP contribution in [-0.4, -0.2) is 53.4 Å². The Balaban J connectivity index is 1.72. The van der Waals surface area contributed by atoms with E-state index in [-0.39, 0.29) is 17.7 Å². The molecule has 1 saturated heterocycles. The smallest absolute Gasteiger partial charge is 0.257 e. The van der Waals surface area contributed by atoms with Crippen molar-refractivity contribution in [2.24, 2.45) is 0 Å². The predicted octanol–water partition coefficient (Wildman–Crippen LogP) is 2.80. The molecule has 1 atom stereocenters. The summed E-state index contributed by atoms with van der Waals surface area (Å²) in [5.74, 6) is 1.38. The third-order valence-electron chi connectivity index (χ3n) is 5.53. The zero-order valence-corrected chi connectivity index (χ0v) is 18.2. The lowest BCUT2D eigenvalue weighted by atomic mass is 10.0. The van der Waals surface area contributed by atoms with Gasteiger partial charge < -0.3 is 15.0 Å². The molecular formula is C23H30N4O3. The summed E-state index contributed by atoms with van der Waals surface area (Å²) < 4.78 is 5.33. The zero-order valence-electron chi connectivity index (χ0n) is 18.2. The fourth-order valence-corrected chi connectivity index (χ4v) is 3.84. The van der Waals surface area contributed by atoms with Gasteiger partial charge in [0.25, 0.3) is 5.91 Å². The number of benzene rings is 1. The maximum atomic E-state index is 13.0. The number of hydrogen-bond acceptors (Lipinski definition) is 5. The van der Waals surface area contributed by atoms with Crippen molar-refractivity contribution in [3.8, 4) is 5.75 Å². The number of para-hydroxylation sites is 1. The highest BCUT2D eigenvalue weighted by molar-refractivity contribution is 5.97. The van der Waals surface area contributed by atoms with E-state index < -0.39 is 0 Å². The van der Waals surface area contributed by atoms with E-state index >= 15 is 0 Å². The summed E-state index contributed by atoms with van der Waals surface area (Å²) in [7, 11) is 1.57. The van der Waals surface area contributed by atoms with E-state index in [2.05, 4.69) is 5.32 Å². The van der Waals surface area contributed by atoms with Crippen LogP contribution in [0.2, 0.25) is 0 Å². The Morgan fingerprint density at radius 1 is 1.20 bits per heavy atom. The van der Waals surface area contributed by atoms with Gasteiger partial charge in [-0.15, -0.1) is 0 Å². The maximum Gasteiger partial charge on any atom is 0.257 e. The highest BCUT2D eigenvalue weighted by Gasteiger charge is 2.31. The number of aryl methyl sites for hydroxylation is 2. The quantitative estimate of drug-likeness (QED) is 0.759. The van der Waals surface area contributed by atoms with Crippen LogP contribution in [0.25, 0.3) is 0 Å². The second-order valence-corrected chi connectivity index (χ2v) is 7.69. The number of methoxy groups -OCH3 is 1. The average molecular weight is 411 g/mol. The molecule has 7 heteroatoms. The van der Waals surface area contributed by atoms with Gasteiger partial charge in [0.05, 0.1) is 19.1 Å². The summed E-state index contributed by atoms with van der Waals surface area (Å²) in [6, 6.07) is 7.28. The number of hydrogen-bond donors (Lipinski definition) is 1. The molecule has 2 amide bonds. The molecule has 1 aromatic carbocycles. The van der Waals surface area contributed by atoms with Crippen molar-refractivity contribution in [1.29, 1.82) is 0 Å². The minimum absolute atomic E-state index is 0.00570. The number of ether oxygens (including phenoxy) is 1. The molecule has 0 radical (unpaired) electrons. The second kappa shape index (κ2) is 9.69. The van der Waals surface area contributed by atoms with Gasteiger partial charge in [0.1, 0.15) is 11.6 Å². The van der Waals surface area contributed by atoms with E-state index in [1.165, 1.54) is 0 Å². The molecule has 2 aromatic rings. The van der Waals surface area contributed by atoms with Gasteiger partial charge in [0.2, 0.25) is 5.91 Å². The van der Waals surface area contributed by atoms with Gasteiger partial charge in [-0.25, -0.2) is 9.97 Å². The van der Waals surface area contributed by atoms with E-state index in [0.717, 1.165) is 35.6 Å². The normalized spacial score (nSPS) is 15.9. The Morgan fingerprint density at radius 2 is 1.90 bits per heavy atom. The Morgan fingerprint density at radius 3 is 2.57 bits per heavy atom. The lowest BCUT2D eigenvalue weighted by Gasteiger charge is -2.18. The highest BCUT2D eigenvalue weighted by Crippen LogP contribution is 2.29. The molecule has 1 aromatic heterocycles. The van der Waals surface area contributed by atoms with Crippen LogP contribution in [-0.2, 0) is 11.2 Å². The number of nitrogens with one attached hydrogen (secondary N) is 1. The van der Waals surface area contributed by atoms with Gasteiger partial charge in [-0.2, -0.15) is 0 Å². The topological polar surface area (TPSA) is 84.4 Å². The van der Waals surface area contributed by atoms with Gasteiger partial charge in [-0.3, -0.25) is 9.59 Å². The average Bonchev–Trinajstić information content (AvgIpc) is 3.24. The number of carbonyl (C=O) groups excluding carboxylic acids is 2. The van der Waals surface area contributed by atoms with E-state index in [4.69, 9.17) is 14.7 Å². The van der Waals surface area contributed by atoms with Crippen molar-refractivity contribution >= 4 is 11.8 Å². The number of nitrogens with zero attached hydrogens (tertiary/aromatic N) is 3. The van der Waals surface area contributed by atoms with Crippen LogP contribution in [0.5, 0.6) is 5.75 Å². The van der Waals surface area contributed by atoms with E-state index in [1.54, 1.807) is 19.2 Å². The molecule has 1 aliphatic heterocycles. The number of likely N-dealkylation sites (tertiary alicyclic amines) is 1. The molecular weight excluding hydrogens is 380 g/mol. The number of carbonyl (C=O) groups is 2. The fourth-order valence-electron chi connectivity index (χ4n) is 3.84. The molecule has 160 valence electrons. The lowest BCUT2D eigenvalue weighted by molar-refractivity contribution is -0.120. The summed E-state index contributed by atoms with van der Waals surface area (Å²) in [5.41, 5.74) is 3.12. The van der Waals surface area contributed by atoms with Crippen LogP contribution in [0, 0.1) is 13.8 Å². The van der Waals surface area contributed by atoms with Gasteiger partial charge in [0.15, 0.2) is 0 Å². The molecule has 1 fully saturated rings. The molecule has 7 nitrogen and oxygen atoms in total. The summed E-state index contributed by atoms with van der Waals surface area (Å²) in [5, 5.41) is 2.90. The first-order valence-electron chi connectivity index (χ1n) is 10.5. The van der Waals surface area contributed by atoms with Crippen LogP contribution < -0.4 is 10.1 Å². The van der Waals surface area contributed by atoms with Crippen molar-refractivity contribution in [3.05, 3.63) is 52.6 Å². The minimum atomic E-state index is -0.0346. The molecule has 1 unspecified atom stereocenters. The van der Waals surface area contributed by atoms with Crippen molar-refractivity contribution in [2.75, 3.05) is 26.7 Å². The van der Waals surface area contributed by atoms with Crippen molar-refractivity contribution in [2.45, 2.75) is 46.0 Å². The molecule has 0 spiro atoms. The van der Waals surface area contributed by atoms with Crippen LogP contribution in [0.3, 0.4) is 0 Å². The van der Waals surface area contributed by atoms with E-state index in [9.17, 15) is 9.59 Å². The first-order valence-corrected chi connectivity index (χ1v) is 10.5. The Hall–Kier alpha value is -2.96. The van der Waals surface area contributed by atoms with E-state index in [0.29, 0.717) is 37.4 Å². The predicted molar refractivity (Wildman–Crippen MR) is 115 cm³/mol. The summed E-state index contributed by atoms with van der Waals surface area (Å²) in [6.07, 6.45) is 2.02. The first-order chi connectivity index (χ1) is 14.4. The van der Waals surface area contributed by atoms with Crippen molar-refractivity contribution in [1.82, 2.24) is 20.2 Å². The summed E-state index contributed by atoms with van der Waals surface area (Å²) >= 11 is 0. The Bertz CT molecular complexity index is 905. The molecule has 1 aliphatic rings. The summed E-state index contributed by atoms with van der Waals surface area (Å²) in [6.45, 7) is 7.78. The SMILES string of the molecule is CCCNC(=O)Cc1c(C)nc(C2CCN(C(=O)c3ccccc3OC)C2)nc1C. The number of aromatic nitrogens is 2. The third kappa shape index (κ3) is 4.78. The second-order valence-electron chi connectivity index (χ2n) is 7.69. The van der Waals surface area contributed by atoms with Crippen molar-refractivity contribution in [3.63, 3.8) is 0 Å². The van der Waals surface area contributed by atoms with Crippen LogP contribution in [0.15, 0.2) is 24.3 Å². The fraction of sp³-hybridized carbons (Fsp3) is 0.478. The maximum absolute atomic E-state index is 13.0. The van der Waals surface area contributed by atoms with Gasteiger partial charge >= 0.3 is 0 Å². The zero-order chi connectivity index (χ0) is 21.7. The molecule has 0 bridgehead atoms. The van der Waals surface area contributed by atoms with Crippen LogP contribution in [0.1, 0.15) is 58.8 Å². The Kier molecular flexibility index (Phi) is 7.03. The number of rotatable bonds is 7. The summed E-state index contributed by atoms with van der Waals surface area (Å²) in [4.78, 5) is 36.3. The van der Waals surface area contributed by atoms with Crippen LogP contribution in [0.4, 0.5) is 0 Å². The van der Waals surface area contributed by atoms with Gasteiger partial charge in [-0.05, 0) is 38.8 Å². The molecule has 30 heavy (non-hydrogen) atoms. The monoisotopic (exact) mass is 410 g/mol. The largest absolute Gasteiger partial charge is 0.496 e. The molecule has 3 rings (SSSR count). The third-order valence-corrected chi connectivity index (χ3v) is 5.53. The molecule has 0 saturated carbocycles. The number of amides is 2. The molecule has 1 N–H and O–H groups in total. The first kappa shape index (κ1) is 21.7. The van der Waals surface area contributed by atoms with E-state index in [1.807, 2.05) is 37.8 Å². The van der Waals surface area contributed by atoms with Gasteiger partial charge in [-0.1, -0.05) is 19.1 Å². The standard InChI is InChI=1S/C23H30N4O3/c1-5-11-24-21(28)13-19-15(2)25-22(26-16(19)3)17-10-12-27(14-17)23(29)18-8-6-7-9-20(18)30-4/h6-9,17H,5,10-14H2,1-4H3,(H,24,28). The van der Waals surface area contributed by atoms with Gasteiger partial charge in [0, 0.05) is 42.5 Å². The highest BCUT2D eigenvalue weighted by atomic mass is 16.5. The van der Waals surface area contributed by atoms with Crippen molar-refractivity contribution < 1.29 is 14.3 Å². The molecule has 0 aliphatic carbocycles. The lowest BCUT2D eigenvalue weighted by Crippen LogP contribution is -2.29. The van der Waals surface area contributed by atoms with Crippen LogP contribution >= 0.6 is 0 Å². The Labute approximate surface area is 177 Å². The minimum Gasteiger partial charge on any atom is -0.496 e.